The van der Waals surface area contributed by atoms with E-state index in [4.69, 9.17) is 9.84 Å². The zero-order valence-electron chi connectivity index (χ0n) is 16.6. The summed E-state index contributed by atoms with van der Waals surface area (Å²) in [5.41, 5.74) is 3.98. The summed E-state index contributed by atoms with van der Waals surface area (Å²) in [6.45, 7) is 1.55. The molecule has 3 rings (SSSR count). The molecule has 0 atom stereocenters. The van der Waals surface area contributed by atoms with E-state index in [2.05, 4.69) is 20.5 Å². The molecule has 152 valence electrons. The van der Waals surface area contributed by atoms with Crippen molar-refractivity contribution in [2.45, 2.75) is 19.8 Å². The maximum Gasteiger partial charge on any atom is 0.308 e. The molecule has 0 bridgehead atoms. The van der Waals surface area contributed by atoms with Crippen LogP contribution in [0.15, 0.2) is 93.3 Å². The van der Waals surface area contributed by atoms with Gasteiger partial charge in [-0.3, -0.25) is 4.79 Å². The highest BCUT2D eigenvalue weighted by molar-refractivity contribution is 5.69. The number of hydrogen-bond donors (Lipinski definition) is 1. The molecule has 1 N–H and O–H groups in total. The Morgan fingerprint density at radius 1 is 0.733 bits per heavy atom. The van der Waals surface area contributed by atoms with E-state index in [0.717, 1.165) is 18.5 Å². The average Bonchev–Trinajstić information content (AvgIpc) is 2.77. The molecular formula is C23H22N4O3. The maximum atomic E-state index is 10.9. The van der Waals surface area contributed by atoms with Gasteiger partial charge in [0.15, 0.2) is 0 Å². The van der Waals surface area contributed by atoms with Gasteiger partial charge in [-0.1, -0.05) is 12.1 Å². The lowest BCUT2D eigenvalue weighted by Gasteiger charge is -2.00. The zero-order valence-corrected chi connectivity index (χ0v) is 16.6. The van der Waals surface area contributed by atoms with E-state index in [1.807, 2.05) is 48.5 Å². The number of azo groups is 2. The Balaban J connectivity index is 1.57. The van der Waals surface area contributed by atoms with Crippen LogP contribution in [0.4, 0.5) is 22.7 Å². The fraction of sp³-hybridized carbons (Fsp3) is 0.174. The summed E-state index contributed by atoms with van der Waals surface area (Å²) < 4.78 is 4.98. The molecule has 0 heterocycles. The minimum absolute atomic E-state index is 0.194. The van der Waals surface area contributed by atoms with E-state index < -0.39 is 0 Å². The van der Waals surface area contributed by atoms with Crippen molar-refractivity contribution in [3.05, 3.63) is 78.4 Å². The lowest BCUT2D eigenvalue weighted by Crippen LogP contribution is -2.00. The average molecular weight is 402 g/mol. The van der Waals surface area contributed by atoms with Crippen LogP contribution in [0, 0.1) is 0 Å². The first-order chi connectivity index (χ1) is 14.6. The number of rotatable bonds is 8. The molecule has 3 aromatic rings. The van der Waals surface area contributed by atoms with Crippen molar-refractivity contribution in [1.29, 1.82) is 0 Å². The molecule has 0 aromatic heterocycles. The molecule has 0 aliphatic heterocycles. The number of carbonyl (C=O) groups is 1. The standard InChI is InChI=1S/C23H22N4O3/c1-17(29)30-23-14-12-22(13-15-23)27-26-21-10-8-20(9-11-21)25-24-19-6-4-18(5-7-19)3-2-16-28/h4-15,28H,2-3,16H2,1H3. The van der Waals surface area contributed by atoms with Gasteiger partial charge in [-0.15, -0.1) is 0 Å². The molecule has 0 aliphatic carbocycles. The van der Waals surface area contributed by atoms with Gasteiger partial charge in [-0.05, 0) is 79.1 Å². The summed E-state index contributed by atoms with van der Waals surface area (Å²) in [7, 11) is 0. The van der Waals surface area contributed by atoms with E-state index >= 15 is 0 Å². The first-order valence-corrected chi connectivity index (χ1v) is 9.54. The molecule has 0 saturated carbocycles. The molecule has 0 saturated heterocycles. The first kappa shape index (κ1) is 21.0. The van der Waals surface area contributed by atoms with E-state index in [9.17, 15) is 4.79 Å². The molecule has 0 fully saturated rings. The van der Waals surface area contributed by atoms with Gasteiger partial charge in [0, 0.05) is 13.5 Å². The largest absolute Gasteiger partial charge is 0.427 e. The van der Waals surface area contributed by atoms with Crippen LogP contribution < -0.4 is 4.74 Å². The molecule has 7 nitrogen and oxygen atoms in total. The minimum atomic E-state index is -0.364. The summed E-state index contributed by atoms with van der Waals surface area (Å²) in [5, 5.41) is 25.7. The van der Waals surface area contributed by atoms with Crippen molar-refractivity contribution in [2.24, 2.45) is 20.5 Å². The fourth-order valence-electron chi connectivity index (χ4n) is 2.58. The Morgan fingerprint density at radius 3 is 1.53 bits per heavy atom. The monoisotopic (exact) mass is 402 g/mol. The van der Waals surface area contributed by atoms with Crippen molar-refractivity contribution in [3.63, 3.8) is 0 Å². The minimum Gasteiger partial charge on any atom is -0.427 e. The lowest BCUT2D eigenvalue weighted by molar-refractivity contribution is -0.131. The normalized spacial score (nSPS) is 11.3. The topological polar surface area (TPSA) is 96.0 Å². The third-order valence-electron chi connectivity index (χ3n) is 4.07. The molecule has 7 heteroatoms. The van der Waals surface area contributed by atoms with Gasteiger partial charge < -0.3 is 9.84 Å². The molecular weight excluding hydrogens is 380 g/mol. The third-order valence-corrected chi connectivity index (χ3v) is 4.07. The molecule has 0 aliphatic rings. The predicted octanol–water partition coefficient (Wildman–Crippen LogP) is 6.37. The van der Waals surface area contributed by atoms with Crippen LogP contribution in [0.2, 0.25) is 0 Å². The Labute approximate surface area is 174 Å². The van der Waals surface area contributed by atoms with Gasteiger partial charge in [-0.2, -0.15) is 20.5 Å². The van der Waals surface area contributed by atoms with Crippen LogP contribution in [0.3, 0.4) is 0 Å². The number of aryl methyl sites for hydroxylation is 1. The summed E-state index contributed by atoms with van der Waals surface area (Å²) in [4.78, 5) is 10.9. The molecule has 3 aromatic carbocycles. The van der Waals surface area contributed by atoms with Crippen LogP contribution in [0.5, 0.6) is 5.75 Å². The summed E-state index contributed by atoms with van der Waals surface area (Å²) in [6.07, 6.45) is 1.60. The van der Waals surface area contributed by atoms with E-state index in [1.54, 1.807) is 24.3 Å². The van der Waals surface area contributed by atoms with Crippen molar-refractivity contribution in [2.75, 3.05) is 6.61 Å². The number of benzene rings is 3. The quantitative estimate of drug-likeness (QED) is 0.269. The highest BCUT2D eigenvalue weighted by atomic mass is 16.5. The Kier molecular flexibility index (Phi) is 7.51. The fourth-order valence-corrected chi connectivity index (χ4v) is 2.58. The highest BCUT2D eigenvalue weighted by Gasteiger charge is 1.98. The van der Waals surface area contributed by atoms with Crippen molar-refractivity contribution >= 4 is 28.7 Å². The molecule has 0 spiro atoms. The Morgan fingerprint density at radius 2 is 1.13 bits per heavy atom. The summed E-state index contributed by atoms with van der Waals surface area (Å²) >= 11 is 0. The van der Waals surface area contributed by atoms with E-state index in [-0.39, 0.29) is 12.6 Å². The number of aliphatic hydroxyl groups is 1. The summed E-state index contributed by atoms with van der Waals surface area (Å²) in [6, 6.07) is 21.8. The molecule has 30 heavy (non-hydrogen) atoms. The zero-order chi connectivity index (χ0) is 21.2. The van der Waals surface area contributed by atoms with Crippen molar-refractivity contribution in [3.8, 4) is 5.75 Å². The van der Waals surface area contributed by atoms with E-state index in [1.165, 1.54) is 12.5 Å². The van der Waals surface area contributed by atoms with Gasteiger partial charge in [0.2, 0.25) is 0 Å². The van der Waals surface area contributed by atoms with Gasteiger partial charge in [0.25, 0.3) is 0 Å². The Bertz CT molecular complexity index is 1010. The number of aliphatic hydroxyl groups excluding tert-OH is 1. The SMILES string of the molecule is CC(=O)Oc1ccc(N=Nc2ccc(N=Nc3ccc(CCCO)cc3)cc2)cc1. The van der Waals surface area contributed by atoms with Crippen LogP contribution in [-0.4, -0.2) is 17.7 Å². The van der Waals surface area contributed by atoms with Crippen LogP contribution in [0.1, 0.15) is 18.9 Å². The van der Waals surface area contributed by atoms with Crippen molar-refractivity contribution in [1.82, 2.24) is 0 Å². The number of esters is 1. The van der Waals surface area contributed by atoms with Gasteiger partial charge in [0.05, 0.1) is 22.7 Å². The van der Waals surface area contributed by atoms with Crippen molar-refractivity contribution < 1.29 is 14.6 Å². The third kappa shape index (κ3) is 6.72. The predicted molar refractivity (Wildman–Crippen MR) is 114 cm³/mol. The number of nitrogens with zero attached hydrogens (tertiary/aromatic N) is 4. The second kappa shape index (κ2) is 10.7. The Hall–Kier alpha value is -3.71. The molecule has 0 radical (unpaired) electrons. The smallest absolute Gasteiger partial charge is 0.308 e. The van der Waals surface area contributed by atoms with Gasteiger partial charge in [0.1, 0.15) is 5.75 Å². The number of ether oxygens (including phenoxy) is 1. The summed E-state index contributed by atoms with van der Waals surface area (Å²) in [5.74, 6) is 0.104. The lowest BCUT2D eigenvalue weighted by atomic mass is 10.1. The molecule has 0 amide bonds. The second-order valence-corrected chi connectivity index (χ2v) is 6.50. The van der Waals surface area contributed by atoms with Gasteiger partial charge in [-0.25, -0.2) is 0 Å². The van der Waals surface area contributed by atoms with Gasteiger partial charge >= 0.3 is 5.97 Å². The van der Waals surface area contributed by atoms with E-state index in [0.29, 0.717) is 22.8 Å². The highest BCUT2D eigenvalue weighted by Crippen LogP contribution is 2.24. The second-order valence-electron chi connectivity index (χ2n) is 6.50. The number of carbonyl (C=O) groups excluding carboxylic acids is 1. The van der Waals surface area contributed by atoms with Crippen LogP contribution in [-0.2, 0) is 11.2 Å². The maximum absolute atomic E-state index is 10.9. The molecule has 0 unspecified atom stereocenters. The van der Waals surface area contributed by atoms with Crippen LogP contribution in [0.25, 0.3) is 0 Å². The number of hydrogen-bond acceptors (Lipinski definition) is 7. The first-order valence-electron chi connectivity index (χ1n) is 9.54. The van der Waals surface area contributed by atoms with Crippen LogP contribution >= 0.6 is 0 Å².